The van der Waals surface area contributed by atoms with E-state index in [4.69, 9.17) is 4.74 Å². The first-order valence-corrected chi connectivity index (χ1v) is 8.15. The summed E-state index contributed by atoms with van der Waals surface area (Å²) in [5, 5.41) is 0. The van der Waals surface area contributed by atoms with Crippen LogP contribution in [-0.4, -0.2) is 18.1 Å². The fraction of sp³-hybridized carbons (Fsp3) is 0.625. The predicted molar refractivity (Wildman–Crippen MR) is 80.9 cm³/mol. The molecule has 118 valence electrons. The summed E-state index contributed by atoms with van der Waals surface area (Å²) in [6.07, 6.45) is -1.28. The fourth-order valence-electron chi connectivity index (χ4n) is 3.04. The van der Waals surface area contributed by atoms with E-state index in [1.165, 1.54) is 0 Å². The van der Waals surface area contributed by atoms with Gasteiger partial charge in [0.2, 0.25) is 0 Å². The maximum atomic E-state index is 12.9. The normalized spacial score (nSPS) is 24.6. The average Bonchev–Trinajstić information content (AvgIpc) is 2.46. The summed E-state index contributed by atoms with van der Waals surface area (Å²) in [4.78, 5) is 0.0785. The Morgan fingerprint density at radius 3 is 2.76 bits per heavy atom. The third-order valence-electron chi connectivity index (χ3n) is 4.25. The standard InChI is InChI=1S/C16H20BrF3O/c1-21-14-7-2-4-11(8-14)9-15(17)12-5-3-6-13(10-12)16(18,19)20/h2,4,7-8,12-13,15H,3,5-6,9-10H2,1H3. The molecule has 21 heavy (non-hydrogen) atoms. The van der Waals surface area contributed by atoms with E-state index in [1.807, 2.05) is 24.3 Å². The van der Waals surface area contributed by atoms with Crippen molar-refractivity contribution in [3.8, 4) is 5.75 Å². The van der Waals surface area contributed by atoms with Gasteiger partial charge in [-0.3, -0.25) is 0 Å². The highest BCUT2D eigenvalue weighted by atomic mass is 79.9. The summed E-state index contributed by atoms with van der Waals surface area (Å²) >= 11 is 3.61. The molecule has 0 aliphatic heterocycles. The van der Waals surface area contributed by atoms with Crippen LogP contribution in [0.5, 0.6) is 5.75 Å². The van der Waals surface area contributed by atoms with Gasteiger partial charge in [0.1, 0.15) is 5.75 Å². The van der Waals surface area contributed by atoms with Crippen molar-refractivity contribution < 1.29 is 17.9 Å². The molecule has 3 atom stereocenters. The van der Waals surface area contributed by atoms with Gasteiger partial charge in [0, 0.05) is 4.83 Å². The van der Waals surface area contributed by atoms with E-state index in [1.54, 1.807) is 7.11 Å². The zero-order valence-corrected chi connectivity index (χ0v) is 13.6. The number of hydrogen-bond donors (Lipinski definition) is 0. The summed E-state index contributed by atoms with van der Waals surface area (Å²) in [7, 11) is 1.61. The van der Waals surface area contributed by atoms with Crippen molar-refractivity contribution in [2.45, 2.75) is 43.1 Å². The van der Waals surface area contributed by atoms with Crippen molar-refractivity contribution in [3.63, 3.8) is 0 Å². The smallest absolute Gasteiger partial charge is 0.391 e. The molecular weight excluding hydrogens is 345 g/mol. The van der Waals surface area contributed by atoms with Crippen LogP contribution in [0, 0.1) is 11.8 Å². The minimum Gasteiger partial charge on any atom is -0.497 e. The Kier molecular flexibility index (Phi) is 5.58. The van der Waals surface area contributed by atoms with Gasteiger partial charge >= 0.3 is 6.18 Å². The molecule has 1 fully saturated rings. The molecule has 0 spiro atoms. The molecule has 0 amide bonds. The molecule has 0 radical (unpaired) electrons. The van der Waals surface area contributed by atoms with Crippen molar-refractivity contribution in [2.75, 3.05) is 7.11 Å². The first kappa shape index (κ1) is 16.7. The molecule has 3 unspecified atom stereocenters. The van der Waals surface area contributed by atoms with Gasteiger partial charge in [0.25, 0.3) is 0 Å². The highest BCUT2D eigenvalue weighted by Gasteiger charge is 2.43. The van der Waals surface area contributed by atoms with Crippen molar-refractivity contribution >= 4 is 15.9 Å². The first-order chi connectivity index (χ1) is 9.90. The second-order valence-corrected chi connectivity index (χ2v) is 6.91. The lowest BCUT2D eigenvalue weighted by Gasteiger charge is -2.33. The number of benzene rings is 1. The second-order valence-electron chi connectivity index (χ2n) is 5.74. The van der Waals surface area contributed by atoms with Crippen LogP contribution in [0.1, 0.15) is 31.2 Å². The minimum absolute atomic E-state index is 0.0785. The largest absolute Gasteiger partial charge is 0.497 e. The van der Waals surface area contributed by atoms with Gasteiger partial charge in [-0.15, -0.1) is 0 Å². The molecule has 1 saturated carbocycles. The molecule has 1 aromatic rings. The van der Waals surface area contributed by atoms with Crippen LogP contribution in [0.4, 0.5) is 13.2 Å². The Labute approximate surface area is 132 Å². The highest BCUT2D eigenvalue weighted by molar-refractivity contribution is 9.09. The van der Waals surface area contributed by atoms with Gasteiger partial charge in [0.05, 0.1) is 13.0 Å². The Bertz CT molecular complexity index is 461. The highest BCUT2D eigenvalue weighted by Crippen LogP contribution is 2.42. The maximum Gasteiger partial charge on any atom is 0.391 e. The van der Waals surface area contributed by atoms with E-state index in [-0.39, 0.29) is 23.6 Å². The van der Waals surface area contributed by atoms with Crippen LogP contribution in [0.2, 0.25) is 0 Å². The lowest BCUT2D eigenvalue weighted by molar-refractivity contribution is -0.185. The zero-order valence-electron chi connectivity index (χ0n) is 12.0. The molecule has 0 N–H and O–H groups in total. The lowest BCUT2D eigenvalue weighted by atomic mass is 9.78. The Balaban J connectivity index is 1.97. The van der Waals surface area contributed by atoms with Gasteiger partial charge in [-0.2, -0.15) is 13.2 Å². The van der Waals surface area contributed by atoms with E-state index >= 15 is 0 Å². The van der Waals surface area contributed by atoms with Gasteiger partial charge < -0.3 is 4.74 Å². The number of hydrogen-bond acceptors (Lipinski definition) is 1. The maximum absolute atomic E-state index is 12.9. The van der Waals surface area contributed by atoms with Crippen LogP contribution < -0.4 is 4.74 Å². The van der Waals surface area contributed by atoms with Gasteiger partial charge in [-0.1, -0.05) is 34.5 Å². The predicted octanol–water partition coefficient (Wildman–Crippen LogP) is 5.37. The van der Waals surface area contributed by atoms with E-state index in [9.17, 15) is 13.2 Å². The molecule has 0 saturated heterocycles. The van der Waals surface area contributed by atoms with Gasteiger partial charge in [-0.25, -0.2) is 0 Å². The molecule has 2 rings (SSSR count). The third kappa shape index (κ3) is 4.63. The van der Waals surface area contributed by atoms with E-state index < -0.39 is 12.1 Å². The molecule has 1 aromatic carbocycles. The van der Waals surface area contributed by atoms with Gasteiger partial charge in [-0.05, 0) is 49.3 Å². The Hall–Kier alpha value is -0.710. The summed E-state index contributed by atoms with van der Waals surface area (Å²) < 4.78 is 43.8. The van der Waals surface area contributed by atoms with Crippen LogP contribution in [0.3, 0.4) is 0 Å². The number of ether oxygens (including phenoxy) is 1. The van der Waals surface area contributed by atoms with Crippen LogP contribution in [0.25, 0.3) is 0 Å². The average molecular weight is 365 g/mol. The quantitative estimate of drug-likeness (QED) is 0.652. The van der Waals surface area contributed by atoms with Crippen LogP contribution >= 0.6 is 15.9 Å². The summed E-state index contributed by atoms with van der Waals surface area (Å²) in [5.41, 5.74) is 1.09. The molecule has 1 aliphatic rings. The first-order valence-electron chi connectivity index (χ1n) is 7.24. The number of alkyl halides is 4. The van der Waals surface area contributed by atoms with Crippen LogP contribution in [-0.2, 0) is 6.42 Å². The molecule has 0 heterocycles. The molecule has 0 aromatic heterocycles. The second kappa shape index (κ2) is 7.03. The third-order valence-corrected chi connectivity index (χ3v) is 5.33. The van der Waals surface area contributed by atoms with Crippen molar-refractivity contribution in [1.29, 1.82) is 0 Å². The summed E-state index contributed by atoms with van der Waals surface area (Å²) in [6, 6.07) is 7.71. The zero-order chi connectivity index (χ0) is 15.5. The van der Waals surface area contributed by atoms with E-state index in [2.05, 4.69) is 15.9 Å². The van der Waals surface area contributed by atoms with E-state index in [0.717, 1.165) is 24.2 Å². The monoisotopic (exact) mass is 364 g/mol. The summed E-state index contributed by atoms with van der Waals surface area (Å²) in [6.45, 7) is 0. The molecule has 0 bridgehead atoms. The molecular formula is C16H20BrF3O. The topological polar surface area (TPSA) is 9.23 Å². The van der Waals surface area contributed by atoms with Gasteiger partial charge in [0.15, 0.2) is 0 Å². The molecule has 1 nitrogen and oxygen atoms in total. The lowest BCUT2D eigenvalue weighted by Crippen LogP contribution is -2.32. The van der Waals surface area contributed by atoms with E-state index in [0.29, 0.717) is 6.42 Å². The Morgan fingerprint density at radius 1 is 1.33 bits per heavy atom. The van der Waals surface area contributed by atoms with Crippen molar-refractivity contribution in [3.05, 3.63) is 29.8 Å². The molecule has 5 heteroatoms. The molecule has 1 aliphatic carbocycles. The fourth-order valence-corrected chi connectivity index (χ4v) is 3.90. The number of halogens is 4. The Morgan fingerprint density at radius 2 is 2.10 bits per heavy atom. The summed E-state index contributed by atoms with van der Waals surface area (Å²) in [5.74, 6) is -0.276. The van der Waals surface area contributed by atoms with Crippen molar-refractivity contribution in [1.82, 2.24) is 0 Å². The van der Waals surface area contributed by atoms with Crippen LogP contribution in [0.15, 0.2) is 24.3 Å². The van der Waals surface area contributed by atoms with Crippen molar-refractivity contribution in [2.24, 2.45) is 11.8 Å². The number of rotatable bonds is 4. The minimum atomic E-state index is -4.05. The number of methoxy groups -OCH3 is 1. The SMILES string of the molecule is COc1cccc(CC(Br)C2CCCC(C(F)(F)F)C2)c1.